The van der Waals surface area contributed by atoms with Crippen molar-refractivity contribution in [3.63, 3.8) is 0 Å². The molecule has 2 atom stereocenters. The predicted octanol–water partition coefficient (Wildman–Crippen LogP) is 1.39. The van der Waals surface area contributed by atoms with Crippen LogP contribution in [-0.2, 0) is 0 Å². The van der Waals surface area contributed by atoms with E-state index in [2.05, 4.69) is 0 Å². The lowest BCUT2D eigenvalue weighted by Gasteiger charge is -2.19. The predicted molar refractivity (Wildman–Crippen MR) is 35.9 cm³/mol. The summed E-state index contributed by atoms with van der Waals surface area (Å²) in [5.41, 5.74) is 6.35. The zero-order valence-corrected chi connectivity index (χ0v) is 5.60. The smallest absolute Gasteiger partial charge is 0.122 e. The van der Waals surface area contributed by atoms with E-state index >= 15 is 0 Å². The summed E-state index contributed by atoms with van der Waals surface area (Å²) >= 11 is 0. The van der Waals surface area contributed by atoms with E-state index in [1.54, 1.807) is 0 Å². The van der Waals surface area contributed by atoms with Crippen LogP contribution < -0.4 is 5.73 Å². The molecule has 0 aliphatic heterocycles. The summed E-state index contributed by atoms with van der Waals surface area (Å²) in [6.07, 6.45) is 2.45. The molecule has 2 heteroatoms. The molecule has 1 aliphatic carbocycles. The zero-order chi connectivity index (χ0) is 6.85. The number of rotatable bonds is 0. The SMILES string of the molecule is CC1=CCC(N)CC1F. The van der Waals surface area contributed by atoms with E-state index in [0.29, 0.717) is 6.42 Å². The Morgan fingerprint density at radius 3 is 2.89 bits per heavy atom. The molecule has 0 saturated carbocycles. The van der Waals surface area contributed by atoms with Gasteiger partial charge in [-0.25, -0.2) is 4.39 Å². The first-order chi connectivity index (χ1) is 4.20. The van der Waals surface area contributed by atoms with Gasteiger partial charge in [-0.05, 0) is 25.3 Å². The highest BCUT2D eigenvalue weighted by Gasteiger charge is 2.17. The normalized spacial score (nSPS) is 36.1. The molecule has 0 amide bonds. The molecule has 2 unspecified atom stereocenters. The van der Waals surface area contributed by atoms with Gasteiger partial charge in [-0.2, -0.15) is 0 Å². The fraction of sp³-hybridized carbons (Fsp3) is 0.714. The summed E-state index contributed by atoms with van der Waals surface area (Å²) in [5.74, 6) is 0. The van der Waals surface area contributed by atoms with Gasteiger partial charge in [-0.15, -0.1) is 0 Å². The Bertz CT molecular complexity index is 131. The molecule has 2 N–H and O–H groups in total. The minimum Gasteiger partial charge on any atom is -0.327 e. The minimum atomic E-state index is -0.784. The van der Waals surface area contributed by atoms with Crippen LogP contribution in [0, 0.1) is 0 Å². The van der Waals surface area contributed by atoms with Crippen molar-refractivity contribution in [2.45, 2.75) is 32.0 Å². The highest BCUT2D eigenvalue weighted by atomic mass is 19.1. The van der Waals surface area contributed by atoms with Crippen LogP contribution in [-0.4, -0.2) is 12.2 Å². The summed E-state index contributed by atoms with van der Waals surface area (Å²) in [7, 11) is 0. The largest absolute Gasteiger partial charge is 0.327 e. The Morgan fingerprint density at radius 2 is 2.44 bits per heavy atom. The number of nitrogens with two attached hydrogens (primary N) is 1. The first-order valence-corrected chi connectivity index (χ1v) is 3.26. The van der Waals surface area contributed by atoms with Crippen molar-refractivity contribution in [2.24, 2.45) is 5.73 Å². The van der Waals surface area contributed by atoms with E-state index in [1.165, 1.54) is 0 Å². The number of alkyl halides is 1. The maximum atomic E-state index is 12.7. The Labute approximate surface area is 54.7 Å². The van der Waals surface area contributed by atoms with Gasteiger partial charge in [0, 0.05) is 6.04 Å². The Balaban J connectivity index is 2.56. The van der Waals surface area contributed by atoms with Crippen LogP contribution in [0.3, 0.4) is 0 Å². The highest BCUT2D eigenvalue weighted by molar-refractivity contribution is 5.10. The third-order valence-electron chi connectivity index (χ3n) is 1.75. The van der Waals surface area contributed by atoms with Gasteiger partial charge >= 0.3 is 0 Å². The first kappa shape index (κ1) is 6.75. The second-order valence-corrected chi connectivity index (χ2v) is 2.65. The van der Waals surface area contributed by atoms with E-state index in [1.807, 2.05) is 13.0 Å². The lowest BCUT2D eigenvalue weighted by Crippen LogP contribution is -2.27. The molecule has 0 aromatic heterocycles. The van der Waals surface area contributed by atoms with Gasteiger partial charge in [0.15, 0.2) is 0 Å². The third-order valence-corrected chi connectivity index (χ3v) is 1.75. The second-order valence-electron chi connectivity index (χ2n) is 2.65. The van der Waals surface area contributed by atoms with Crippen LogP contribution >= 0.6 is 0 Å². The molecule has 9 heavy (non-hydrogen) atoms. The number of allylic oxidation sites excluding steroid dienone is 1. The molecular weight excluding hydrogens is 117 g/mol. The summed E-state index contributed by atoms with van der Waals surface area (Å²) < 4.78 is 12.7. The van der Waals surface area contributed by atoms with Crippen molar-refractivity contribution in [3.05, 3.63) is 11.6 Å². The standard InChI is InChI=1S/C7H12FN/c1-5-2-3-6(9)4-7(5)8/h2,6-7H,3-4,9H2,1H3. The minimum absolute atomic E-state index is 0.0451. The Hall–Kier alpha value is -0.370. The van der Waals surface area contributed by atoms with E-state index < -0.39 is 6.17 Å². The molecule has 0 bridgehead atoms. The quantitative estimate of drug-likeness (QED) is 0.491. The van der Waals surface area contributed by atoms with Crippen molar-refractivity contribution in [1.29, 1.82) is 0 Å². The molecule has 0 radical (unpaired) electrons. The van der Waals surface area contributed by atoms with Gasteiger partial charge in [-0.1, -0.05) is 6.08 Å². The number of hydrogen-bond acceptors (Lipinski definition) is 1. The van der Waals surface area contributed by atoms with Crippen LogP contribution in [0.2, 0.25) is 0 Å². The van der Waals surface area contributed by atoms with Gasteiger partial charge in [0.25, 0.3) is 0 Å². The van der Waals surface area contributed by atoms with Gasteiger partial charge < -0.3 is 5.73 Å². The molecule has 1 aliphatic rings. The van der Waals surface area contributed by atoms with Gasteiger partial charge in [0.05, 0.1) is 0 Å². The van der Waals surface area contributed by atoms with Gasteiger partial charge in [0.1, 0.15) is 6.17 Å². The summed E-state index contributed by atoms with van der Waals surface area (Å²) in [6.45, 7) is 1.82. The summed E-state index contributed by atoms with van der Waals surface area (Å²) in [5, 5.41) is 0. The van der Waals surface area contributed by atoms with Crippen LogP contribution in [0.4, 0.5) is 4.39 Å². The maximum Gasteiger partial charge on any atom is 0.122 e. The van der Waals surface area contributed by atoms with Crippen LogP contribution in [0.25, 0.3) is 0 Å². The van der Waals surface area contributed by atoms with E-state index in [4.69, 9.17) is 5.73 Å². The van der Waals surface area contributed by atoms with Gasteiger partial charge in [0.2, 0.25) is 0 Å². The zero-order valence-electron chi connectivity index (χ0n) is 5.60. The fourth-order valence-corrected chi connectivity index (χ4v) is 1.01. The van der Waals surface area contributed by atoms with Crippen LogP contribution in [0.15, 0.2) is 11.6 Å². The van der Waals surface area contributed by atoms with E-state index in [0.717, 1.165) is 12.0 Å². The molecule has 0 spiro atoms. The highest BCUT2D eigenvalue weighted by Crippen LogP contribution is 2.19. The average Bonchev–Trinajstić information content (AvgIpc) is 1.80. The number of halogens is 1. The average molecular weight is 129 g/mol. The Morgan fingerprint density at radius 1 is 1.78 bits per heavy atom. The molecule has 52 valence electrons. The Kier molecular flexibility index (Phi) is 1.86. The molecule has 0 saturated heterocycles. The lowest BCUT2D eigenvalue weighted by atomic mass is 9.95. The van der Waals surface area contributed by atoms with E-state index in [-0.39, 0.29) is 6.04 Å². The topological polar surface area (TPSA) is 26.0 Å². The van der Waals surface area contributed by atoms with Crippen LogP contribution in [0.1, 0.15) is 19.8 Å². The maximum absolute atomic E-state index is 12.7. The monoisotopic (exact) mass is 129 g/mol. The van der Waals surface area contributed by atoms with Crippen molar-refractivity contribution in [3.8, 4) is 0 Å². The van der Waals surface area contributed by atoms with Crippen LogP contribution in [0.5, 0.6) is 0 Å². The summed E-state index contributed by atoms with van der Waals surface area (Å²) in [4.78, 5) is 0. The van der Waals surface area contributed by atoms with Crippen molar-refractivity contribution in [1.82, 2.24) is 0 Å². The van der Waals surface area contributed by atoms with Crippen molar-refractivity contribution >= 4 is 0 Å². The molecule has 0 heterocycles. The van der Waals surface area contributed by atoms with E-state index in [9.17, 15) is 4.39 Å². The molecular formula is C7H12FN. The number of hydrogen-bond donors (Lipinski definition) is 1. The second kappa shape index (κ2) is 2.48. The molecule has 0 aromatic carbocycles. The third kappa shape index (κ3) is 1.52. The van der Waals surface area contributed by atoms with Gasteiger partial charge in [-0.3, -0.25) is 0 Å². The van der Waals surface area contributed by atoms with Crippen molar-refractivity contribution in [2.75, 3.05) is 0 Å². The molecule has 1 rings (SSSR count). The first-order valence-electron chi connectivity index (χ1n) is 3.26. The lowest BCUT2D eigenvalue weighted by molar-refractivity contribution is 0.323. The fourth-order valence-electron chi connectivity index (χ4n) is 1.01. The molecule has 0 aromatic rings. The molecule has 0 fully saturated rings. The van der Waals surface area contributed by atoms with Crippen molar-refractivity contribution < 1.29 is 4.39 Å². The summed E-state index contributed by atoms with van der Waals surface area (Å²) in [6, 6.07) is 0.0451. The molecule has 1 nitrogen and oxygen atoms in total.